The third kappa shape index (κ3) is 5.02. The first-order valence-electron chi connectivity index (χ1n) is 8.52. The first-order chi connectivity index (χ1) is 12.3. The summed E-state index contributed by atoms with van der Waals surface area (Å²) in [6.45, 7) is 7.29. The maximum atomic E-state index is 12.2. The van der Waals surface area contributed by atoms with Gasteiger partial charge in [-0.15, -0.1) is 11.3 Å². The van der Waals surface area contributed by atoms with Gasteiger partial charge in [0.15, 0.2) is 12.4 Å². The Hall–Kier alpha value is -2.47. The second-order valence-corrected chi connectivity index (χ2v) is 7.52. The number of thiophene rings is 1. The van der Waals surface area contributed by atoms with E-state index in [1.807, 2.05) is 19.9 Å². The standard InChI is InChI=1S/C20H23NO4S/c1-5-14-10-18(26-13(14)4)20(24)25-11-17(22)15-6-8-16(9-7-15)21-19(23)12(2)3/h6-10,12H,5,11H2,1-4H3,(H,21,23). The van der Waals surface area contributed by atoms with Gasteiger partial charge in [0.05, 0.1) is 0 Å². The zero-order valence-electron chi connectivity index (χ0n) is 15.4. The number of Topliss-reactive ketones (excluding diaryl/α,β-unsaturated/α-hetero) is 1. The highest BCUT2D eigenvalue weighted by Crippen LogP contribution is 2.22. The SMILES string of the molecule is CCc1cc(C(=O)OCC(=O)c2ccc(NC(=O)C(C)C)cc2)sc1C. The van der Waals surface area contributed by atoms with Crippen molar-refractivity contribution in [1.29, 1.82) is 0 Å². The second kappa shape index (κ2) is 8.76. The van der Waals surface area contributed by atoms with Crippen molar-refractivity contribution in [3.63, 3.8) is 0 Å². The van der Waals surface area contributed by atoms with Gasteiger partial charge >= 0.3 is 5.97 Å². The zero-order valence-corrected chi connectivity index (χ0v) is 16.2. The quantitative estimate of drug-likeness (QED) is 0.582. The predicted molar refractivity (Wildman–Crippen MR) is 103 cm³/mol. The number of hydrogen-bond donors (Lipinski definition) is 1. The van der Waals surface area contributed by atoms with Crippen LogP contribution in [0.25, 0.3) is 0 Å². The first kappa shape index (κ1) is 19.8. The van der Waals surface area contributed by atoms with Gasteiger partial charge in [0, 0.05) is 22.0 Å². The van der Waals surface area contributed by atoms with Crippen molar-refractivity contribution in [3.8, 4) is 0 Å². The van der Waals surface area contributed by atoms with E-state index in [4.69, 9.17) is 4.74 Å². The molecule has 0 aliphatic carbocycles. The fourth-order valence-electron chi connectivity index (χ4n) is 2.28. The summed E-state index contributed by atoms with van der Waals surface area (Å²) in [5, 5.41) is 2.76. The van der Waals surface area contributed by atoms with Crippen LogP contribution in [0.2, 0.25) is 0 Å². The van der Waals surface area contributed by atoms with Crippen LogP contribution in [0.15, 0.2) is 30.3 Å². The fraction of sp³-hybridized carbons (Fsp3) is 0.350. The lowest BCUT2D eigenvalue weighted by Gasteiger charge is -2.08. The van der Waals surface area contributed by atoms with Crippen LogP contribution >= 0.6 is 11.3 Å². The predicted octanol–water partition coefficient (Wildman–Crippen LogP) is 4.25. The van der Waals surface area contributed by atoms with Gasteiger partial charge in [0.1, 0.15) is 4.88 Å². The molecule has 0 atom stereocenters. The summed E-state index contributed by atoms with van der Waals surface area (Å²) < 4.78 is 5.14. The average molecular weight is 373 g/mol. The summed E-state index contributed by atoms with van der Waals surface area (Å²) in [6, 6.07) is 8.35. The number of benzene rings is 1. The second-order valence-electron chi connectivity index (χ2n) is 6.27. The third-order valence-electron chi connectivity index (χ3n) is 3.94. The molecule has 1 aromatic heterocycles. The summed E-state index contributed by atoms with van der Waals surface area (Å²) in [6.07, 6.45) is 0.855. The molecule has 0 fully saturated rings. The summed E-state index contributed by atoms with van der Waals surface area (Å²) >= 11 is 1.38. The minimum Gasteiger partial charge on any atom is -0.453 e. The summed E-state index contributed by atoms with van der Waals surface area (Å²) in [5.41, 5.74) is 2.17. The minimum atomic E-state index is -0.480. The normalized spacial score (nSPS) is 10.7. The van der Waals surface area contributed by atoms with E-state index in [0.29, 0.717) is 16.1 Å². The van der Waals surface area contributed by atoms with Crippen molar-refractivity contribution in [2.45, 2.75) is 34.1 Å². The average Bonchev–Trinajstić information content (AvgIpc) is 3.00. The molecule has 5 nitrogen and oxygen atoms in total. The smallest absolute Gasteiger partial charge is 0.348 e. The molecule has 1 aromatic carbocycles. The number of rotatable bonds is 7. The van der Waals surface area contributed by atoms with Gasteiger partial charge in [-0.3, -0.25) is 9.59 Å². The molecule has 2 rings (SSSR count). The molecule has 138 valence electrons. The van der Waals surface area contributed by atoms with Gasteiger partial charge in [0.25, 0.3) is 0 Å². The zero-order chi connectivity index (χ0) is 19.3. The van der Waals surface area contributed by atoms with Crippen molar-refractivity contribution in [1.82, 2.24) is 0 Å². The highest BCUT2D eigenvalue weighted by Gasteiger charge is 2.15. The molecule has 26 heavy (non-hydrogen) atoms. The van der Waals surface area contributed by atoms with Crippen LogP contribution in [-0.2, 0) is 16.0 Å². The Morgan fingerprint density at radius 1 is 1.15 bits per heavy atom. The van der Waals surface area contributed by atoms with Gasteiger partial charge in [-0.25, -0.2) is 4.79 Å². The molecule has 1 N–H and O–H groups in total. The van der Waals surface area contributed by atoms with Crippen molar-refractivity contribution < 1.29 is 19.1 Å². The molecule has 0 aliphatic rings. The van der Waals surface area contributed by atoms with Gasteiger partial charge < -0.3 is 10.1 Å². The molecule has 1 amide bonds. The van der Waals surface area contributed by atoms with Crippen molar-refractivity contribution in [2.24, 2.45) is 5.92 Å². The number of aryl methyl sites for hydroxylation is 2. The molecule has 0 aliphatic heterocycles. The van der Waals surface area contributed by atoms with E-state index in [1.165, 1.54) is 11.3 Å². The number of anilines is 1. The Bertz CT molecular complexity index is 806. The van der Waals surface area contributed by atoms with Crippen molar-refractivity contribution in [3.05, 3.63) is 51.2 Å². The summed E-state index contributed by atoms with van der Waals surface area (Å²) in [4.78, 5) is 37.5. The molecule has 0 saturated carbocycles. The fourth-order valence-corrected chi connectivity index (χ4v) is 3.29. The largest absolute Gasteiger partial charge is 0.453 e. The van der Waals surface area contributed by atoms with E-state index in [2.05, 4.69) is 5.32 Å². The van der Waals surface area contributed by atoms with Crippen LogP contribution in [0.3, 0.4) is 0 Å². The third-order valence-corrected chi connectivity index (χ3v) is 5.01. The van der Waals surface area contributed by atoms with E-state index in [0.717, 1.165) is 16.9 Å². The van der Waals surface area contributed by atoms with Crippen molar-refractivity contribution >= 4 is 34.7 Å². The summed E-state index contributed by atoms with van der Waals surface area (Å²) in [7, 11) is 0. The molecule has 2 aromatic rings. The number of ketones is 1. The molecule has 0 radical (unpaired) electrons. The molecule has 0 unspecified atom stereocenters. The van der Waals surface area contributed by atoms with Crippen LogP contribution in [0.5, 0.6) is 0 Å². The maximum absolute atomic E-state index is 12.2. The first-order valence-corrected chi connectivity index (χ1v) is 9.34. The van der Waals surface area contributed by atoms with E-state index >= 15 is 0 Å². The lowest BCUT2D eigenvalue weighted by molar-refractivity contribution is -0.118. The Labute approximate surface area is 157 Å². The van der Waals surface area contributed by atoms with Crippen LogP contribution in [-0.4, -0.2) is 24.3 Å². The number of nitrogens with one attached hydrogen (secondary N) is 1. The van der Waals surface area contributed by atoms with Gasteiger partial charge in [-0.2, -0.15) is 0 Å². The van der Waals surface area contributed by atoms with Gasteiger partial charge in [-0.05, 0) is 49.2 Å². The molecule has 0 saturated heterocycles. The number of esters is 1. The number of carbonyl (C=O) groups is 3. The monoisotopic (exact) mass is 373 g/mol. The molecule has 0 spiro atoms. The van der Waals surface area contributed by atoms with Gasteiger partial charge in [-0.1, -0.05) is 20.8 Å². The lowest BCUT2D eigenvalue weighted by Crippen LogP contribution is -2.18. The molecular formula is C20H23NO4S. The number of ether oxygens (including phenoxy) is 1. The van der Waals surface area contributed by atoms with E-state index in [9.17, 15) is 14.4 Å². The Morgan fingerprint density at radius 2 is 1.81 bits per heavy atom. The van der Waals surface area contributed by atoms with Crippen LogP contribution in [0.4, 0.5) is 5.69 Å². The maximum Gasteiger partial charge on any atom is 0.348 e. The van der Waals surface area contributed by atoms with E-state index in [1.54, 1.807) is 38.1 Å². The Morgan fingerprint density at radius 3 is 2.35 bits per heavy atom. The summed E-state index contributed by atoms with van der Waals surface area (Å²) in [5.74, 6) is -0.975. The van der Waals surface area contributed by atoms with Crippen LogP contribution in [0, 0.1) is 12.8 Å². The molecule has 0 bridgehead atoms. The molecular weight excluding hydrogens is 350 g/mol. The highest BCUT2D eigenvalue weighted by atomic mass is 32.1. The van der Waals surface area contributed by atoms with Crippen LogP contribution in [0.1, 0.15) is 51.2 Å². The number of carbonyl (C=O) groups excluding carboxylic acids is 3. The van der Waals surface area contributed by atoms with Gasteiger partial charge in [0.2, 0.25) is 5.91 Å². The lowest BCUT2D eigenvalue weighted by atomic mass is 10.1. The van der Waals surface area contributed by atoms with Crippen molar-refractivity contribution in [2.75, 3.05) is 11.9 Å². The molecule has 6 heteroatoms. The van der Waals surface area contributed by atoms with E-state index < -0.39 is 5.97 Å². The Kier molecular flexibility index (Phi) is 6.69. The number of amides is 1. The topological polar surface area (TPSA) is 72.5 Å². The van der Waals surface area contributed by atoms with E-state index in [-0.39, 0.29) is 24.2 Å². The van der Waals surface area contributed by atoms with Crippen LogP contribution < -0.4 is 5.32 Å². The molecule has 1 heterocycles. The Balaban J connectivity index is 1.92. The highest BCUT2D eigenvalue weighted by molar-refractivity contribution is 7.14. The number of hydrogen-bond acceptors (Lipinski definition) is 5. The minimum absolute atomic E-state index is 0.0873.